The highest BCUT2D eigenvalue weighted by Crippen LogP contribution is 2.30. The van der Waals surface area contributed by atoms with Gasteiger partial charge in [0.2, 0.25) is 0 Å². The first-order chi connectivity index (χ1) is 10.3. The Kier molecular flexibility index (Phi) is 5.27. The largest absolute Gasteiger partial charge is 0.459 e. The number of rotatable bonds is 6. The summed E-state index contributed by atoms with van der Waals surface area (Å²) >= 11 is 0. The molecule has 6 heteroatoms. The van der Waals surface area contributed by atoms with Gasteiger partial charge in [-0.3, -0.25) is 4.90 Å². The maximum Gasteiger partial charge on any atom is 0.341 e. The molecule has 2 heterocycles. The van der Waals surface area contributed by atoms with E-state index in [1.165, 1.54) is 6.92 Å². The Bertz CT molecular complexity index is 448. The number of esters is 1. The number of carbonyl (C=O) groups is 1. The minimum Gasteiger partial charge on any atom is -0.459 e. The van der Waals surface area contributed by atoms with Crippen molar-refractivity contribution in [2.75, 3.05) is 19.7 Å². The van der Waals surface area contributed by atoms with Gasteiger partial charge < -0.3 is 20.1 Å². The van der Waals surface area contributed by atoms with Crippen LogP contribution in [0.5, 0.6) is 0 Å². The number of nitrogens with zero attached hydrogens (tertiary/aromatic N) is 1. The molecule has 126 valence electrons. The predicted molar refractivity (Wildman–Crippen MR) is 81.1 cm³/mol. The summed E-state index contributed by atoms with van der Waals surface area (Å²) in [6.45, 7) is 6.76. The molecule has 22 heavy (non-hydrogen) atoms. The van der Waals surface area contributed by atoms with E-state index in [1.807, 2.05) is 19.9 Å². The molecule has 2 aliphatic heterocycles. The SMILES string of the molecule is CC(C)C[C@@](O)(C(=O)OCC1=CCN2CC[C@@H](O)[C@@H]12)[C@H](C)O. The average molecular weight is 313 g/mol. The molecule has 0 unspecified atom stereocenters. The molecule has 0 aromatic rings. The lowest BCUT2D eigenvalue weighted by Crippen LogP contribution is -2.50. The molecule has 0 spiro atoms. The molecule has 1 fully saturated rings. The number of aliphatic hydroxyl groups excluding tert-OH is 2. The van der Waals surface area contributed by atoms with E-state index in [2.05, 4.69) is 4.90 Å². The van der Waals surface area contributed by atoms with E-state index < -0.39 is 23.8 Å². The van der Waals surface area contributed by atoms with Gasteiger partial charge in [0.25, 0.3) is 0 Å². The van der Waals surface area contributed by atoms with Crippen molar-refractivity contribution in [1.82, 2.24) is 4.90 Å². The molecular formula is C16H27NO5. The van der Waals surface area contributed by atoms with Gasteiger partial charge in [-0.05, 0) is 31.3 Å². The fourth-order valence-electron chi connectivity index (χ4n) is 3.35. The molecule has 0 aromatic heterocycles. The quantitative estimate of drug-likeness (QED) is 0.475. The highest BCUT2D eigenvalue weighted by Gasteiger charge is 2.44. The zero-order valence-corrected chi connectivity index (χ0v) is 13.5. The van der Waals surface area contributed by atoms with E-state index in [-0.39, 0.29) is 25.0 Å². The number of hydrogen-bond acceptors (Lipinski definition) is 6. The molecule has 6 nitrogen and oxygen atoms in total. The molecule has 0 aliphatic carbocycles. The van der Waals surface area contributed by atoms with Crippen LogP contribution in [0.25, 0.3) is 0 Å². The van der Waals surface area contributed by atoms with Crippen molar-refractivity contribution in [3.05, 3.63) is 11.6 Å². The van der Waals surface area contributed by atoms with Crippen LogP contribution in [0.15, 0.2) is 11.6 Å². The Morgan fingerprint density at radius 3 is 2.77 bits per heavy atom. The maximum absolute atomic E-state index is 12.2. The lowest BCUT2D eigenvalue weighted by Gasteiger charge is -2.30. The van der Waals surface area contributed by atoms with E-state index in [0.717, 1.165) is 25.1 Å². The van der Waals surface area contributed by atoms with E-state index in [0.29, 0.717) is 0 Å². The van der Waals surface area contributed by atoms with E-state index in [4.69, 9.17) is 4.74 Å². The zero-order valence-electron chi connectivity index (χ0n) is 13.5. The van der Waals surface area contributed by atoms with Crippen LogP contribution in [0.4, 0.5) is 0 Å². The van der Waals surface area contributed by atoms with Crippen LogP contribution < -0.4 is 0 Å². The number of ether oxygens (including phenoxy) is 1. The summed E-state index contributed by atoms with van der Waals surface area (Å²) in [5.41, 5.74) is -1.02. The van der Waals surface area contributed by atoms with Crippen molar-refractivity contribution in [1.29, 1.82) is 0 Å². The van der Waals surface area contributed by atoms with Crippen LogP contribution in [-0.4, -0.2) is 69.7 Å². The maximum atomic E-state index is 12.2. The van der Waals surface area contributed by atoms with Crippen LogP contribution in [0.3, 0.4) is 0 Å². The smallest absolute Gasteiger partial charge is 0.341 e. The van der Waals surface area contributed by atoms with Crippen LogP contribution in [0.2, 0.25) is 0 Å². The summed E-state index contributed by atoms with van der Waals surface area (Å²) in [5, 5.41) is 30.2. The third kappa shape index (κ3) is 3.35. The van der Waals surface area contributed by atoms with Crippen molar-refractivity contribution in [2.24, 2.45) is 5.92 Å². The Morgan fingerprint density at radius 1 is 1.50 bits per heavy atom. The van der Waals surface area contributed by atoms with Crippen molar-refractivity contribution < 1.29 is 24.9 Å². The molecule has 0 amide bonds. The van der Waals surface area contributed by atoms with Gasteiger partial charge in [0.15, 0.2) is 5.60 Å². The van der Waals surface area contributed by atoms with Crippen molar-refractivity contribution >= 4 is 5.97 Å². The molecule has 0 radical (unpaired) electrons. The van der Waals surface area contributed by atoms with Crippen molar-refractivity contribution in [3.63, 3.8) is 0 Å². The molecule has 2 aliphatic rings. The summed E-state index contributed by atoms with van der Waals surface area (Å²) in [6, 6.07) is -0.0856. The van der Waals surface area contributed by atoms with Gasteiger partial charge in [0.1, 0.15) is 6.61 Å². The monoisotopic (exact) mass is 313 g/mol. The van der Waals surface area contributed by atoms with Crippen LogP contribution in [-0.2, 0) is 9.53 Å². The zero-order chi connectivity index (χ0) is 16.5. The lowest BCUT2D eigenvalue weighted by atomic mass is 9.88. The molecular weight excluding hydrogens is 286 g/mol. The second-order valence-corrected chi connectivity index (χ2v) is 6.85. The Morgan fingerprint density at radius 2 is 2.18 bits per heavy atom. The molecule has 3 N–H and O–H groups in total. The first-order valence-corrected chi connectivity index (χ1v) is 7.94. The molecule has 0 saturated carbocycles. The summed E-state index contributed by atoms with van der Waals surface area (Å²) < 4.78 is 5.25. The minimum absolute atomic E-state index is 0.0458. The van der Waals surface area contributed by atoms with Crippen LogP contribution in [0, 0.1) is 5.92 Å². The first kappa shape index (κ1) is 17.4. The van der Waals surface area contributed by atoms with Crippen LogP contribution >= 0.6 is 0 Å². The van der Waals surface area contributed by atoms with Gasteiger partial charge in [-0.1, -0.05) is 19.9 Å². The predicted octanol–water partition coefficient (Wildman–Crippen LogP) is 0.0628. The van der Waals surface area contributed by atoms with E-state index in [1.54, 1.807) is 0 Å². The van der Waals surface area contributed by atoms with Gasteiger partial charge in [0, 0.05) is 13.1 Å². The number of hydrogen-bond donors (Lipinski definition) is 3. The molecule has 4 atom stereocenters. The highest BCUT2D eigenvalue weighted by molar-refractivity contribution is 5.80. The van der Waals surface area contributed by atoms with Crippen molar-refractivity contribution in [2.45, 2.75) is 57.5 Å². The van der Waals surface area contributed by atoms with Gasteiger partial charge in [-0.2, -0.15) is 0 Å². The number of carbonyl (C=O) groups excluding carboxylic acids is 1. The van der Waals surface area contributed by atoms with Gasteiger partial charge in [-0.15, -0.1) is 0 Å². The molecule has 2 rings (SSSR count). The fourth-order valence-corrected chi connectivity index (χ4v) is 3.35. The summed E-state index contributed by atoms with van der Waals surface area (Å²) in [6.07, 6.45) is 1.19. The second kappa shape index (κ2) is 6.66. The van der Waals surface area contributed by atoms with Crippen LogP contribution in [0.1, 0.15) is 33.6 Å². The fraction of sp³-hybridized carbons (Fsp3) is 0.812. The Hall–Kier alpha value is -0.950. The summed E-state index contributed by atoms with van der Waals surface area (Å²) in [5.74, 6) is -0.756. The molecule has 0 bridgehead atoms. The first-order valence-electron chi connectivity index (χ1n) is 7.94. The third-order valence-corrected chi connectivity index (χ3v) is 4.57. The summed E-state index contributed by atoms with van der Waals surface area (Å²) in [7, 11) is 0. The molecule has 0 aromatic carbocycles. The number of fused-ring (bicyclic) bond motifs is 1. The Labute approximate surface area is 131 Å². The Balaban J connectivity index is 1.97. The van der Waals surface area contributed by atoms with E-state index in [9.17, 15) is 20.1 Å². The topological polar surface area (TPSA) is 90.2 Å². The standard InChI is InChI=1S/C16H27NO5/c1-10(2)8-16(21,11(3)18)15(20)22-9-12-4-6-17-7-5-13(19)14(12)17/h4,10-11,13-14,18-19,21H,5-9H2,1-3H3/t11-,13+,14+,16-/m0/s1. The second-order valence-electron chi connectivity index (χ2n) is 6.85. The average Bonchev–Trinajstić information content (AvgIpc) is 2.98. The van der Waals surface area contributed by atoms with E-state index >= 15 is 0 Å². The van der Waals surface area contributed by atoms with Gasteiger partial charge in [0.05, 0.1) is 18.2 Å². The third-order valence-electron chi connectivity index (χ3n) is 4.57. The summed E-state index contributed by atoms with van der Waals surface area (Å²) in [4.78, 5) is 14.4. The van der Waals surface area contributed by atoms with Gasteiger partial charge in [-0.25, -0.2) is 4.79 Å². The minimum atomic E-state index is -1.89. The van der Waals surface area contributed by atoms with Crippen molar-refractivity contribution in [3.8, 4) is 0 Å². The molecule has 1 saturated heterocycles. The lowest BCUT2D eigenvalue weighted by molar-refractivity contribution is -0.178. The number of aliphatic hydroxyl groups is 3. The van der Waals surface area contributed by atoms with Gasteiger partial charge >= 0.3 is 5.97 Å². The highest BCUT2D eigenvalue weighted by atomic mass is 16.6. The normalized spacial score (nSPS) is 29.1.